The fourth-order valence-corrected chi connectivity index (χ4v) is 2.97. The second kappa shape index (κ2) is 7.28. The fraction of sp³-hybridized carbons (Fsp3) is 0.625. The van der Waals surface area contributed by atoms with E-state index >= 15 is 0 Å². The van der Waals surface area contributed by atoms with Gasteiger partial charge in [-0.05, 0) is 63.5 Å². The van der Waals surface area contributed by atoms with Crippen LogP contribution in [-0.4, -0.2) is 30.6 Å². The summed E-state index contributed by atoms with van der Waals surface area (Å²) in [5.74, 6) is 0. The monoisotopic (exact) mass is 280 g/mol. The molecule has 1 aliphatic rings. The van der Waals surface area contributed by atoms with Crippen LogP contribution in [0.4, 0.5) is 0 Å². The van der Waals surface area contributed by atoms with Crippen LogP contribution in [0.2, 0.25) is 5.02 Å². The predicted octanol–water partition coefficient (Wildman–Crippen LogP) is 3.87. The zero-order chi connectivity index (χ0) is 13.7. The molecule has 1 heterocycles. The SMILES string of the molecule is CCN1CCCC(NC(C)c2ccc(Cl)cc2)CC1. The molecule has 0 radical (unpaired) electrons. The van der Waals surface area contributed by atoms with E-state index in [9.17, 15) is 0 Å². The number of rotatable bonds is 4. The van der Waals surface area contributed by atoms with Crippen LogP contribution in [0.25, 0.3) is 0 Å². The van der Waals surface area contributed by atoms with Gasteiger partial charge in [0.15, 0.2) is 0 Å². The fourth-order valence-electron chi connectivity index (χ4n) is 2.84. The second-order valence-corrected chi connectivity index (χ2v) is 5.94. The first kappa shape index (κ1) is 14.8. The average Bonchev–Trinajstić information content (AvgIpc) is 2.64. The Morgan fingerprint density at radius 1 is 1.26 bits per heavy atom. The molecule has 0 saturated carbocycles. The van der Waals surface area contributed by atoms with Crippen molar-refractivity contribution in [3.63, 3.8) is 0 Å². The molecule has 0 bridgehead atoms. The van der Waals surface area contributed by atoms with E-state index in [0.717, 1.165) is 5.02 Å². The van der Waals surface area contributed by atoms with Gasteiger partial charge in [-0.3, -0.25) is 0 Å². The predicted molar refractivity (Wildman–Crippen MR) is 82.8 cm³/mol. The number of hydrogen-bond acceptors (Lipinski definition) is 2. The van der Waals surface area contributed by atoms with E-state index in [1.165, 1.54) is 44.5 Å². The molecule has 0 aromatic heterocycles. The van der Waals surface area contributed by atoms with Crippen molar-refractivity contribution in [1.82, 2.24) is 10.2 Å². The van der Waals surface area contributed by atoms with Gasteiger partial charge in [-0.25, -0.2) is 0 Å². The van der Waals surface area contributed by atoms with Gasteiger partial charge in [0, 0.05) is 17.1 Å². The first-order valence-electron chi connectivity index (χ1n) is 7.43. The number of nitrogens with one attached hydrogen (secondary N) is 1. The molecule has 0 spiro atoms. The van der Waals surface area contributed by atoms with Gasteiger partial charge in [-0.1, -0.05) is 30.7 Å². The van der Waals surface area contributed by atoms with Crippen LogP contribution in [-0.2, 0) is 0 Å². The summed E-state index contributed by atoms with van der Waals surface area (Å²) in [4.78, 5) is 2.55. The molecule has 1 N–H and O–H groups in total. The van der Waals surface area contributed by atoms with Crippen LogP contribution in [0.15, 0.2) is 24.3 Å². The van der Waals surface area contributed by atoms with Crippen molar-refractivity contribution in [1.29, 1.82) is 0 Å². The highest BCUT2D eigenvalue weighted by Crippen LogP contribution is 2.19. The molecular formula is C16H25ClN2. The molecule has 1 aromatic carbocycles. The lowest BCUT2D eigenvalue weighted by molar-refractivity contribution is 0.295. The van der Waals surface area contributed by atoms with Gasteiger partial charge in [-0.15, -0.1) is 0 Å². The maximum Gasteiger partial charge on any atom is 0.0406 e. The standard InChI is InChI=1S/C16H25ClN2/c1-3-19-11-4-5-16(10-12-19)18-13(2)14-6-8-15(17)9-7-14/h6-9,13,16,18H,3-5,10-12H2,1-2H3. The zero-order valence-corrected chi connectivity index (χ0v) is 12.8. The number of nitrogens with zero attached hydrogens (tertiary/aromatic N) is 1. The molecule has 2 unspecified atom stereocenters. The number of hydrogen-bond donors (Lipinski definition) is 1. The molecule has 1 aromatic rings. The molecule has 3 heteroatoms. The second-order valence-electron chi connectivity index (χ2n) is 5.50. The molecule has 0 aliphatic carbocycles. The summed E-state index contributed by atoms with van der Waals surface area (Å²) in [7, 11) is 0. The largest absolute Gasteiger partial charge is 0.307 e. The van der Waals surface area contributed by atoms with Crippen molar-refractivity contribution in [3.8, 4) is 0 Å². The van der Waals surface area contributed by atoms with Crippen molar-refractivity contribution in [2.45, 2.75) is 45.2 Å². The van der Waals surface area contributed by atoms with Crippen molar-refractivity contribution in [2.75, 3.05) is 19.6 Å². The minimum absolute atomic E-state index is 0.399. The van der Waals surface area contributed by atoms with E-state index in [1.807, 2.05) is 12.1 Å². The number of likely N-dealkylation sites (tertiary alicyclic amines) is 1. The molecule has 2 atom stereocenters. The lowest BCUT2D eigenvalue weighted by Gasteiger charge is -2.23. The minimum Gasteiger partial charge on any atom is -0.307 e. The van der Waals surface area contributed by atoms with Crippen LogP contribution in [0.3, 0.4) is 0 Å². The molecule has 19 heavy (non-hydrogen) atoms. The summed E-state index contributed by atoms with van der Waals surface area (Å²) in [6.07, 6.45) is 3.85. The summed E-state index contributed by atoms with van der Waals surface area (Å²) < 4.78 is 0. The molecule has 2 nitrogen and oxygen atoms in total. The molecule has 1 saturated heterocycles. The Morgan fingerprint density at radius 2 is 2.00 bits per heavy atom. The highest BCUT2D eigenvalue weighted by atomic mass is 35.5. The summed E-state index contributed by atoms with van der Waals surface area (Å²) in [5, 5.41) is 4.58. The summed E-state index contributed by atoms with van der Waals surface area (Å²) >= 11 is 5.94. The summed E-state index contributed by atoms with van der Waals surface area (Å²) in [6.45, 7) is 8.15. The maximum absolute atomic E-state index is 5.94. The molecular weight excluding hydrogens is 256 g/mol. The van der Waals surface area contributed by atoms with Gasteiger partial charge in [0.25, 0.3) is 0 Å². The van der Waals surface area contributed by atoms with Gasteiger partial charge < -0.3 is 10.2 Å². The van der Waals surface area contributed by atoms with Gasteiger partial charge in [0.05, 0.1) is 0 Å². The number of benzene rings is 1. The summed E-state index contributed by atoms with van der Waals surface area (Å²) in [6, 6.07) is 9.23. The Morgan fingerprint density at radius 3 is 2.68 bits per heavy atom. The van der Waals surface area contributed by atoms with E-state index in [0.29, 0.717) is 12.1 Å². The first-order chi connectivity index (χ1) is 9.19. The molecule has 106 valence electrons. The van der Waals surface area contributed by atoms with Crippen LogP contribution in [0.5, 0.6) is 0 Å². The third-order valence-electron chi connectivity index (χ3n) is 4.12. The lowest BCUT2D eigenvalue weighted by Crippen LogP contribution is -2.32. The molecule has 1 fully saturated rings. The van der Waals surface area contributed by atoms with Gasteiger partial charge in [-0.2, -0.15) is 0 Å². The average molecular weight is 281 g/mol. The van der Waals surface area contributed by atoms with Crippen molar-refractivity contribution < 1.29 is 0 Å². The first-order valence-corrected chi connectivity index (χ1v) is 7.80. The Labute approximate surface area is 122 Å². The Bertz CT molecular complexity index is 377. The highest BCUT2D eigenvalue weighted by molar-refractivity contribution is 6.30. The van der Waals surface area contributed by atoms with E-state index < -0.39 is 0 Å². The topological polar surface area (TPSA) is 15.3 Å². The Hall–Kier alpha value is -0.570. The Balaban J connectivity index is 1.88. The Kier molecular flexibility index (Phi) is 5.68. The third kappa shape index (κ3) is 4.48. The molecule has 0 amide bonds. The highest BCUT2D eigenvalue weighted by Gasteiger charge is 2.18. The normalized spacial score (nSPS) is 23.0. The molecule has 2 rings (SSSR count). The molecule has 1 aliphatic heterocycles. The van der Waals surface area contributed by atoms with Gasteiger partial charge in [0.2, 0.25) is 0 Å². The number of halogens is 1. The van der Waals surface area contributed by atoms with Gasteiger partial charge in [0.1, 0.15) is 0 Å². The quantitative estimate of drug-likeness (QED) is 0.901. The van der Waals surface area contributed by atoms with E-state index in [-0.39, 0.29) is 0 Å². The van der Waals surface area contributed by atoms with E-state index in [4.69, 9.17) is 11.6 Å². The van der Waals surface area contributed by atoms with Crippen molar-refractivity contribution in [2.24, 2.45) is 0 Å². The van der Waals surface area contributed by atoms with Crippen molar-refractivity contribution >= 4 is 11.6 Å². The third-order valence-corrected chi connectivity index (χ3v) is 4.38. The van der Waals surface area contributed by atoms with Gasteiger partial charge >= 0.3 is 0 Å². The van der Waals surface area contributed by atoms with E-state index in [2.05, 4.69) is 36.2 Å². The minimum atomic E-state index is 0.399. The van der Waals surface area contributed by atoms with E-state index in [1.54, 1.807) is 0 Å². The van der Waals surface area contributed by atoms with Crippen LogP contribution < -0.4 is 5.32 Å². The van der Waals surface area contributed by atoms with Crippen LogP contribution in [0.1, 0.15) is 44.7 Å². The lowest BCUT2D eigenvalue weighted by atomic mass is 10.0. The summed E-state index contributed by atoms with van der Waals surface area (Å²) in [5.41, 5.74) is 1.32. The smallest absolute Gasteiger partial charge is 0.0406 e. The van der Waals surface area contributed by atoms with Crippen molar-refractivity contribution in [3.05, 3.63) is 34.9 Å². The zero-order valence-electron chi connectivity index (χ0n) is 12.0. The van der Waals surface area contributed by atoms with Crippen LogP contribution in [0, 0.1) is 0 Å². The maximum atomic E-state index is 5.94. The van der Waals surface area contributed by atoms with Crippen LogP contribution >= 0.6 is 11.6 Å².